The van der Waals surface area contributed by atoms with Crippen molar-refractivity contribution in [2.75, 3.05) is 13.6 Å². The molecule has 0 spiro atoms. The standard InChI is InChI=1S/C13H22N4/c1-4-5-9-15-13(14-3)16-10-12-8-6-7-11(2)17-12/h6-8H,4-5,9-10H2,1-3H3,(H2,14,15,16). The van der Waals surface area contributed by atoms with Crippen molar-refractivity contribution < 1.29 is 0 Å². The first-order chi connectivity index (χ1) is 8.26. The first kappa shape index (κ1) is 13.5. The van der Waals surface area contributed by atoms with Crippen LogP contribution in [0, 0.1) is 6.92 Å². The lowest BCUT2D eigenvalue weighted by Crippen LogP contribution is -2.37. The number of nitrogens with zero attached hydrogens (tertiary/aromatic N) is 2. The molecule has 0 radical (unpaired) electrons. The van der Waals surface area contributed by atoms with Crippen molar-refractivity contribution >= 4 is 5.96 Å². The third kappa shape index (κ3) is 5.33. The van der Waals surface area contributed by atoms with Crippen LogP contribution in [0.15, 0.2) is 23.2 Å². The molecule has 4 heteroatoms. The van der Waals surface area contributed by atoms with Crippen molar-refractivity contribution in [2.24, 2.45) is 4.99 Å². The lowest BCUT2D eigenvalue weighted by Gasteiger charge is -2.11. The van der Waals surface area contributed by atoms with Crippen molar-refractivity contribution in [3.05, 3.63) is 29.6 Å². The summed E-state index contributed by atoms with van der Waals surface area (Å²) in [5, 5.41) is 6.51. The number of pyridine rings is 1. The van der Waals surface area contributed by atoms with Gasteiger partial charge in [0, 0.05) is 19.3 Å². The van der Waals surface area contributed by atoms with E-state index in [0.29, 0.717) is 6.54 Å². The molecule has 0 aromatic carbocycles. The fourth-order valence-electron chi connectivity index (χ4n) is 1.48. The number of hydrogen-bond donors (Lipinski definition) is 2. The molecule has 0 unspecified atom stereocenters. The molecule has 2 N–H and O–H groups in total. The number of aromatic nitrogens is 1. The van der Waals surface area contributed by atoms with Gasteiger partial charge in [0.1, 0.15) is 0 Å². The van der Waals surface area contributed by atoms with E-state index in [4.69, 9.17) is 0 Å². The number of aliphatic imine (C=N–C) groups is 1. The van der Waals surface area contributed by atoms with Gasteiger partial charge in [0.2, 0.25) is 0 Å². The maximum atomic E-state index is 4.43. The van der Waals surface area contributed by atoms with Crippen molar-refractivity contribution in [1.82, 2.24) is 15.6 Å². The van der Waals surface area contributed by atoms with E-state index in [2.05, 4.69) is 27.5 Å². The fraction of sp³-hybridized carbons (Fsp3) is 0.538. The Hall–Kier alpha value is -1.58. The number of rotatable bonds is 5. The normalized spacial score (nSPS) is 11.4. The molecule has 0 atom stereocenters. The van der Waals surface area contributed by atoms with E-state index in [9.17, 15) is 0 Å². The highest BCUT2D eigenvalue weighted by Gasteiger charge is 1.98. The minimum atomic E-state index is 0.702. The summed E-state index contributed by atoms with van der Waals surface area (Å²) in [4.78, 5) is 8.59. The Bertz CT molecular complexity index is 360. The van der Waals surface area contributed by atoms with E-state index in [1.54, 1.807) is 7.05 Å². The second kappa shape index (κ2) is 7.65. The van der Waals surface area contributed by atoms with E-state index in [1.807, 2.05) is 25.1 Å². The molecule has 1 rings (SSSR count). The first-order valence-electron chi connectivity index (χ1n) is 6.13. The maximum absolute atomic E-state index is 4.43. The van der Waals surface area contributed by atoms with Crippen LogP contribution < -0.4 is 10.6 Å². The van der Waals surface area contributed by atoms with Gasteiger partial charge in [-0.15, -0.1) is 0 Å². The number of unbranched alkanes of at least 4 members (excludes halogenated alkanes) is 1. The average molecular weight is 234 g/mol. The summed E-state index contributed by atoms with van der Waals surface area (Å²) in [6.45, 7) is 5.83. The Morgan fingerprint density at radius 1 is 1.35 bits per heavy atom. The van der Waals surface area contributed by atoms with E-state index in [0.717, 1.165) is 30.3 Å². The lowest BCUT2D eigenvalue weighted by atomic mass is 10.3. The minimum Gasteiger partial charge on any atom is -0.356 e. The van der Waals surface area contributed by atoms with Crippen LogP contribution in [0.2, 0.25) is 0 Å². The Kier molecular flexibility index (Phi) is 6.07. The van der Waals surface area contributed by atoms with Crippen LogP contribution in [0.5, 0.6) is 0 Å². The minimum absolute atomic E-state index is 0.702. The first-order valence-corrected chi connectivity index (χ1v) is 6.13. The fourth-order valence-corrected chi connectivity index (χ4v) is 1.48. The molecular weight excluding hydrogens is 212 g/mol. The molecule has 1 aromatic rings. The number of hydrogen-bond acceptors (Lipinski definition) is 2. The molecule has 1 aromatic heterocycles. The quantitative estimate of drug-likeness (QED) is 0.464. The molecule has 0 aliphatic rings. The summed E-state index contributed by atoms with van der Waals surface area (Å²) in [5.74, 6) is 0.835. The van der Waals surface area contributed by atoms with Gasteiger partial charge in [-0.25, -0.2) is 0 Å². The topological polar surface area (TPSA) is 49.3 Å². The van der Waals surface area contributed by atoms with Gasteiger partial charge < -0.3 is 10.6 Å². The van der Waals surface area contributed by atoms with Gasteiger partial charge in [0.15, 0.2) is 5.96 Å². The van der Waals surface area contributed by atoms with Crippen molar-refractivity contribution in [1.29, 1.82) is 0 Å². The Morgan fingerprint density at radius 2 is 2.18 bits per heavy atom. The van der Waals surface area contributed by atoms with Crippen molar-refractivity contribution in [3.63, 3.8) is 0 Å². The number of guanidine groups is 1. The average Bonchev–Trinajstić information content (AvgIpc) is 2.34. The summed E-state index contributed by atoms with van der Waals surface area (Å²) in [6.07, 6.45) is 2.34. The van der Waals surface area contributed by atoms with Crippen LogP contribution >= 0.6 is 0 Å². The summed E-state index contributed by atoms with van der Waals surface area (Å²) in [5.41, 5.74) is 2.07. The molecule has 0 saturated heterocycles. The molecule has 0 amide bonds. The highest BCUT2D eigenvalue weighted by Crippen LogP contribution is 1.97. The van der Waals surface area contributed by atoms with Gasteiger partial charge in [0.05, 0.1) is 12.2 Å². The zero-order valence-electron chi connectivity index (χ0n) is 11.0. The van der Waals surface area contributed by atoms with Gasteiger partial charge in [0.25, 0.3) is 0 Å². The molecular formula is C13H22N4. The lowest BCUT2D eigenvalue weighted by molar-refractivity contribution is 0.725. The SMILES string of the molecule is CCCCNC(=NC)NCc1cccc(C)n1. The van der Waals surface area contributed by atoms with Gasteiger partial charge in [-0.3, -0.25) is 9.98 Å². The van der Waals surface area contributed by atoms with Crippen molar-refractivity contribution in [3.8, 4) is 0 Å². The molecule has 1 heterocycles. The zero-order valence-corrected chi connectivity index (χ0v) is 11.0. The Morgan fingerprint density at radius 3 is 2.82 bits per heavy atom. The zero-order chi connectivity index (χ0) is 12.5. The van der Waals surface area contributed by atoms with Crippen LogP contribution in [-0.2, 0) is 6.54 Å². The Labute approximate surface area is 104 Å². The summed E-state index contributed by atoms with van der Waals surface area (Å²) >= 11 is 0. The summed E-state index contributed by atoms with van der Waals surface area (Å²) in [7, 11) is 1.78. The van der Waals surface area contributed by atoms with Gasteiger partial charge >= 0.3 is 0 Å². The molecule has 17 heavy (non-hydrogen) atoms. The summed E-state index contributed by atoms with van der Waals surface area (Å²) < 4.78 is 0. The van der Waals surface area contributed by atoms with Crippen molar-refractivity contribution in [2.45, 2.75) is 33.2 Å². The highest BCUT2D eigenvalue weighted by atomic mass is 15.2. The largest absolute Gasteiger partial charge is 0.356 e. The van der Waals surface area contributed by atoms with E-state index < -0.39 is 0 Å². The van der Waals surface area contributed by atoms with Crippen LogP contribution in [0.3, 0.4) is 0 Å². The molecule has 0 aliphatic heterocycles. The maximum Gasteiger partial charge on any atom is 0.191 e. The molecule has 0 aliphatic carbocycles. The predicted octanol–water partition coefficient (Wildman–Crippen LogP) is 1.86. The van der Waals surface area contributed by atoms with Crippen LogP contribution in [-0.4, -0.2) is 24.5 Å². The molecule has 94 valence electrons. The third-order valence-corrected chi connectivity index (χ3v) is 2.43. The predicted molar refractivity (Wildman–Crippen MR) is 72.1 cm³/mol. The van der Waals surface area contributed by atoms with E-state index >= 15 is 0 Å². The van der Waals surface area contributed by atoms with E-state index in [1.165, 1.54) is 6.42 Å². The second-order valence-corrected chi connectivity index (χ2v) is 3.98. The molecule has 4 nitrogen and oxygen atoms in total. The highest BCUT2D eigenvalue weighted by molar-refractivity contribution is 5.79. The second-order valence-electron chi connectivity index (χ2n) is 3.98. The molecule has 0 fully saturated rings. The summed E-state index contributed by atoms with van der Waals surface area (Å²) in [6, 6.07) is 6.03. The number of aryl methyl sites for hydroxylation is 1. The molecule has 0 saturated carbocycles. The third-order valence-electron chi connectivity index (χ3n) is 2.43. The van der Waals surface area contributed by atoms with Gasteiger partial charge in [-0.05, 0) is 25.5 Å². The van der Waals surface area contributed by atoms with Gasteiger partial charge in [-0.1, -0.05) is 19.4 Å². The van der Waals surface area contributed by atoms with E-state index in [-0.39, 0.29) is 0 Å². The molecule has 0 bridgehead atoms. The van der Waals surface area contributed by atoms with Crippen LogP contribution in [0.25, 0.3) is 0 Å². The monoisotopic (exact) mass is 234 g/mol. The van der Waals surface area contributed by atoms with Gasteiger partial charge in [-0.2, -0.15) is 0 Å². The number of nitrogens with one attached hydrogen (secondary N) is 2. The van der Waals surface area contributed by atoms with Crippen LogP contribution in [0.1, 0.15) is 31.2 Å². The Balaban J connectivity index is 2.37. The van der Waals surface area contributed by atoms with Crippen LogP contribution in [0.4, 0.5) is 0 Å². The smallest absolute Gasteiger partial charge is 0.191 e.